The average molecular weight is 381 g/mol. The Kier molecular flexibility index (Phi) is 5.00. The van der Waals surface area contributed by atoms with Crippen LogP contribution in [0.25, 0.3) is 10.9 Å². The molecule has 0 aliphatic carbocycles. The van der Waals surface area contributed by atoms with E-state index in [1.807, 2.05) is 48.5 Å². The number of rotatable bonds is 6. The quantitative estimate of drug-likeness (QED) is 0.447. The van der Waals surface area contributed by atoms with Gasteiger partial charge in [0.1, 0.15) is 5.82 Å². The number of thiophene rings is 1. The minimum atomic E-state index is 0.560. The molecular weight excluding hydrogens is 364 g/mol. The Hall–Kier alpha value is -2.63. The Balaban J connectivity index is 1.58. The van der Waals surface area contributed by atoms with E-state index in [4.69, 9.17) is 11.6 Å². The molecule has 0 fully saturated rings. The van der Waals surface area contributed by atoms with Gasteiger partial charge in [-0.2, -0.15) is 4.98 Å². The number of aromatic nitrogens is 2. The standard InChI is InChI=1S/C20H17ClN4S/c21-14-7-9-15(10-8-14)23-20-24-18-6-2-1-5-17(18)19(25-20)22-12-11-16-4-3-13-26-16/h1-10,13H,11-12H2,(H2,22,23,24,25). The maximum absolute atomic E-state index is 5.95. The Morgan fingerprint density at radius 3 is 2.58 bits per heavy atom. The highest BCUT2D eigenvalue weighted by Gasteiger charge is 2.08. The van der Waals surface area contributed by atoms with E-state index in [1.165, 1.54) is 4.88 Å². The lowest BCUT2D eigenvalue weighted by molar-refractivity contribution is 1.03. The summed E-state index contributed by atoms with van der Waals surface area (Å²) in [5.41, 5.74) is 1.80. The number of hydrogen-bond donors (Lipinski definition) is 2. The smallest absolute Gasteiger partial charge is 0.229 e. The summed E-state index contributed by atoms with van der Waals surface area (Å²) >= 11 is 7.72. The molecule has 2 aromatic heterocycles. The second-order valence-corrected chi connectivity index (χ2v) is 7.27. The molecule has 0 atom stereocenters. The fraction of sp³-hybridized carbons (Fsp3) is 0.100. The van der Waals surface area contributed by atoms with Gasteiger partial charge in [0.05, 0.1) is 5.52 Å². The highest BCUT2D eigenvalue weighted by molar-refractivity contribution is 7.09. The van der Waals surface area contributed by atoms with Crippen molar-refractivity contribution in [2.75, 3.05) is 17.2 Å². The zero-order chi connectivity index (χ0) is 17.8. The van der Waals surface area contributed by atoms with E-state index in [0.29, 0.717) is 11.0 Å². The maximum Gasteiger partial charge on any atom is 0.229 e. The monoisotopic (exact) mass is 380 g/mol. The molecule has 2 aromatic carbocycles. The van der Waals surface area contributed by atoms with E-state index in [1.54, 1.807) is 11.3 Å². The lowest BCUT2D eigenvalue weighted by Crippen LogP contribution is -2.08. The number of para-hydroxylation sites is 1. The molecule has 0 saturated heterocycles. The lowest BCUT2D eigenvalue weighted by Gasteiger charge is -2.11. The van der Waals surface area contributed by atoms with E-state index in [2.05, 4.69) is 38.1 Å². The fourth-order valence-electron chi connectivity index (χ4n) is 2.69. The molecule has 0 aliphatic heterocycles. The minimum absolute atomic E-state index is 0.560. The molecule has 0 saturated carbocycles. The van der Waals surface area contributed by atoms with Gasteiger partial charge < -0.3 is 10.6 Å². The van der Waals surface area contributed by atoms with E-state index in [9.17, 15) is 0 Å². The van der Waals surface area contributed by atoms with Crippen LogP contribution in [-0.2, 0) is 6.42 Å². The first-order chi connectivity index (χ1) is 12.8. The molecule has 2 heterocycles. The second-order valence-electron chi connectivity index (χ2n) is 5.80. The molecule has 0 amide bonds. The highest BCUT2D eigenvalue weighted by atomic mass is 35.5. The minimum Gasteiger partial charge on any atom is -0.369 e. The second kappa shape index (κ2) is 7.72. The number of anilines is 3. The van der Waals surface area contributed by atoms with Crippen molar-refractivity contribution in [3.63, 3.8) is 0 Å². The van der Waals surface area contributed by atoms with Gasteiger partial charge in [-0.25, -0.2) is 4.98 Å². The number of halogens is 1. The molecule has 0 spiro atoms. The third-order valence-electron chi connectivity index (χ3n) is 3.95. The summed E-state index contributed by atoms with van der Waals surface area (Å²) < 4.78 is 0. The van der Waals surface area contributed by atoms with Gasteiger partial charge in [-0.1, -0.05) is 29.8 Å². The van der Waals surface area contributed by atoms with Gasteiger partial charge in [0.25, 0.3) is 0 Å². The summed E-state index contributed by atoms with van der Waals surface area (Å²) in [6.07, 6.45) is 0.968. The third-order valence-corrected chi connectivity index (χ3v) is 5.14. The maximum atomic E-state index is 5.95. The molecule has 0 unspecified atom stereocenters. The number of nitrogens with one attached hydrogen (secondary N) is 2. The molecule has 130 valence electrons. The predicted molar refractivity (Wildman–Crippen MR) is 111 cm³/mol. The molecule has 0 aliphatic rings. The fourth-order valence-corrected chi connectivity index (χ4v) is 3.52. The first-order valence-corrected chi connectivity index (χ1v) is 9.59. The zero-order valence-corrected chi connectivity index (χ0v) is 15.5. The number of nitrogens with zero attached hydrogens (tertiary/aromatic N) is 2. The van der Waals surface area contributed by atoms with Crippen LogP contribution in [0.5, 0.6) is 0 Å². The van der Waals surface area contributed by atoms with Crippen molar-refractivity contribution in [2.24, 2.45) is 0 Å². The van der Waals surface area contributed by atoms with E-state index in [-0.39, 0.29) is 0 Å². The van der Waals surface area contributed by atoms with Crippen LogP contribution in [0.1, 0.15) is 4.88 Å². The van der Waals surface area contributed by atoms with Crippen molar-refractivity contribution in [2.45, 2.75) is 6.42 Å². The van der Waals surface area contributed by atoms with Gasteiger partial charge in [-0.15, -0.1) is 11.3 Å². The Morgan fingerprint density at radius 2 is 1.77 bits per heavy atom. The molecule has 4 nitrogen and oxygen atoms in total. The van der Waals surface area contributed by atoms with Crippen LogP contribution in [-0.4, -0.2) is 16.5 Å². The van der Waals surface area contributed by atoms with Gasteiger partial charge in [-0.3, -0.25) is 0 Å². The number of fused-ring (bicyclic) bond motifs is 1. The lowest BCUT2D eigenvalue weighted by atomic mass is 10.2. The first-order valence-electron chi connectivity index (χ1n) is 8.33. The van der Waals surface area contributed by atoms with Gasteiger partial charge in [0.2, 0.25) is 5.95 Å². The summed E-state index contributed by atoms with van der Waals surface area (Å²) in [4.78, 5) is 10.6. The van der Waals surface area contributed by atoms with Crippen LogP contribution in [0.15, 0.2) is 66.0 Å². The summed E-state index contributed by atoms with van der Waals surface area (Å²) in [5.74, 6) is 1.40. The van der Waals surface area contributed by atoms with Crippen LogP contribution in [0.3, 0.4) is 0 Å². The SMILES string of the molecule is Clc1ccc(Nc2nc(NCCc3cccs3)c3ccccc3n2)cc1. The van der Waals surface area contributed by atoms with Crippen molar-refractivity contribution >= 4 is 51.3 Å². The Morgan fingerprint density at radius 1 is 0.923 bits per heavy atom. The van der Waals surface area contributed by atoms with Crippen molar-refractivity contribution in [1.82, 2.24) is 9.97 Å². The van der Waals surface area contributed by atoms with Crippen LogP contribution in [0.4, 0.5) is 17.5 Å². The highest BCUT2D eigenvalue weighted by Crippen LogP contribution is 2.24. The number of hydrogen-bond acceptors (Lipinski definition) is 5. The van der Waals surface area contributed by atoms with E-state index >= 15 is 0 Å². The summed E-state index contributed by atoms with van der Waals surface area (Å²) in [7, 11) is 0. The van der Waals surface area contributed by atoms with Crippen LogP contribution in [0, 0.1) is 0 Å². The van der Waals surface area contributed by atoms with Crippen LogP contribution >= 0.6 is 22.9 Å². The first kappa shape index (κ1) is 16.8. The summed E-state index contributed by atoms with van der Waals surface area (Å²) in [6, 6.07) is 19.7. The Labute approximate surface area is 160 Å². The third kappa shape index (κ3) is 3.95. The molecule has 0 radical (unpaired) electrons. The molecular formula is C20H17ClN4S. The molecule has 6 heteroatoms. The topological polar surface area (TPSA) is 49.8 Å². The summed E-state index contributed by atoms with van der Waals surface area (Å²) in [6.45, 7) is 0.821. The van der Waals surface area contributed by atoms with Gasteiger partial charge >= 0.3 is 0 Å². The molecule has 4 aromatic rings. The van der Waals surface area contributed by atoms with Crippen molar-refractivity contribution in [3.8, 4) is 0 Å². The zero-order valence-electron chi connectivity index (χ0n) is 13.9. The molecule has 4 rings (SSSR count). The van der Waals surface area contributed by atoms with Crippen molar-refractivity contribution < 1.29 is 0 Å². The van der Waals surface area contributed by atoms with Crippen LogP contribution < -0.4 is 10.6 Å². The largest absolute Gasteiger partial charge is 0.369 e. The van der Waals surface area contributed by atoms with E-state index in [0.717, 1.165) is 35.4 Å². The predicted octanol–water partition coefficient (Wildman–Crippen LogP) is 5.74. The Bertz CT molecular complexity index is 1000. The summed E-state index contributed by atoms with van der Waals surface area (Å²) in [5, 5.41) is 10.5. The van der Waals surface area contributed by atoms with E-state index < -0.39 is 0 Å². The van der Waals surface area contributed by atoms with Gasteiger partial charge in [0, 0.05) is 27.5 Å². The van der Waals surface area contributed by atoms with Gasteiger partial charge in [-0.05, 0) is 54.3 Å². The molecule has 2 N–H and O–H groups in total. The normalized spacial score (nSPS) is 10.8. The van der Waals surface area contributed by atoms with Crippen molar-refractivity contribution in [1.29, 1.82) is 0 Å². The van der Waals surface area contributed by atoms with Crippen LogP contribution in [0.2, 0.25) is 5.02 Å². The molecule has 26 heavy (non-hydrogen) atoms. The molecule has 0 bridgehead atoms. The van der Waals surface area contributed by atoms with Crippen molar-refractivity contribution in [3.05, 3.63) is 75.9 Å². The number of benzene rings is 2. The van der Waals surface area contributed by atoms with Gasteiger partial charge in [0.15, 0.2) is 0 Å². The average Bonchev–Trinajstić information content (AvgIpc) is 3.17.